The molecule has 0 aromatic heterocycles. The number of amides is 2. The van der Waals surface area contributed by atoms with Gasteiger partial charge in [0, 0.05) is 12.1 Å². The molecule has 0 atom stereocenters. The summed E-state index contributed by atoms with van der Waals surface area (Å²) in [5.41, 5.74) is 5.78. The maximum atomic E-state index is 13.0. The first-order valence-corrected chi connectivity index (χ1v) is 5.23. The van der Waals surface area contributed by atoms with Crippen LogP contribution in [0.5, 0.6) is 0 Å². The molecular formula is C11H15FN4O. The molecule has 0 saturated carbocycles. The monoisotopic (exact) mass is 238 g/mol. The first-order valence-electron chi connectivity index (χ1n) is 5.23. The van der Waals surface area contributed by atoms with Crippen molar-refractivity contribution < 1.29 is 9.18 Å². The van der Waals surface area contributed by atoms with Gasteiger partial charge in [-0.2, -0.15) is 0 Å². The minimum atomic E-state index is -0.505. The number of anilines is 1. The predicted molar refractivity (Wildman–Crippen MR) is 64.7 cm³/mol. The van der Waals surface area contributed by atoms with Gasteiger partial charge in [-0.1, -0.05) is 6.92 Å². The van der Waals surface area contributed by atoms with Gasteiger partial charge in [0.15, 0.2) is 0 Å². The molecule has 0 unspecified atom stereocenters. The van der Waals surface area contributed by atoms with Crippen molar-refractivity contribution in [3.8, 4) is 0 Å². The highest BCUT2D eigenvalue weighted by Gasteiger charge is 2.09. The summed E-state index contributed by atoms with van der Waals surface area (Å²) in [5.74, 6) is -0.801. The number of nitrogen functional groups attached to an aromatic ring is 1. The van der Waals surface area contributed by atoms with Crippen LogP contribution in [-0.4, -0.2) is 18.4 Å². The Hall–Kier alpha value is -2.11. The SMILES string of the molecule is CCCNC(=O)Nc1ccc(F)cc1C(=N)N. The molecule has 0 spiro atoms. The highest BCUT2D eigenvalue weighted by Crippen LogP contribution is 2.16. The first-order chi connectivity index (χ1) is 8.04. The maximum Gasteiger partial charge on any atom is 0.319 e. The summed E-state index contributed by atoms with van der Waals surface area (Å²) in [5, 5.41) is 12.4. The number of nitrogens with one attached hydrogen (secondary N) is 3. The van der Waals surface area contributed by atoms with Crippen molar-refractivity contribution in [2.24, 2.45) is 5.73 Å². The molecule has 0 bridgehead atoms. The lowest BCUT2D eigenvalue weighted by Crippen LogP contribution is -2.30. The van der Waals surface area contributed by atoms with Crippen molar-refractivity contribution in [3.63, 3.8) is 0 Å². The third-order valence-electron chi connectivity index (χ3n) is 2.06. The smallest absolute Gasteiger partial charge is 0.319 e. The molecule has 0 aliphatic heterocycles. The van der Waals surface area contributed by atoms with E-state index in [1.165, 1.54) is 12.1 Å². The highest BCUT2D eigenvalue weighted by atomic mass is 19.1. The summed E-state index contributed by atoms with van der Waals surface area (Å²) in [6, 6.07) is 3.28. The third kappa shape index (κ3) is 3.75. The van der Waals surface area contributed by atoms with Crippen molar-refractivity contribution >= 4 is 17.6 Å². The first kappa shape index (κ1) is 13.0. The van der Waals surface area contributed by atoms with E-state index in [0.29, 0.717) is 12.2 Å². The number of hydrogen-bond acceptors (Lipinski definition) is 2. The summed E-state index contributed by atoms with van der Waals surface area (Å²) in [6.45, 7) is 2.47. The average molecular weight is 238 g/mol. The van der Waals surface area contributed by atoms with Crippen LogP contribution in [0.2, 0.25) is 0 Å². The predicted octanol–water partition coefficient (Wildman–Crippen LogP) is 1.64. The summed E-state index contributed by atoms with van der Waals surface area (Å²) in [7, 11) is 0. The van der Waals surface area contributed by atoms with E-state index in [1.54, 1.807) is 0 Å². The van der Waals surface area contributed by atoms with Gasteiger partial charge in [0.2, 0.25) is 0 Å². The lowest BCUT2D eigenvalue weighted by Gasteiger charge is -2.10. The number of nitrogens with two attached hydrogens (primary N) is 1. The molecule has 0 fully saturated rings. The van der Waals surface area contributed by atoms with E-state index in [4.69, 9.17) is 11.1 Å². The Morgan fingerprint density at radius 3 is 2.82 bits per heavy atom. The topological polar surface area (TPSA) is 91.0 Å². The molecule has 1 aromatic rings. The second-order valence-corrected chi connectivity index (χ2v) is 3.48. The fourth-order valence-corrected chi connectivity index (χ4v) is 1.25. The van der Waals surface area contributed by atoms with Gasteiger partial charge in [-0.25, -0.2) is 9.18 Å². The van der Waals surface area contributed by atoms with Crippen LogP contribution in [0, 0.1) is 11.2 Å². The quantitative estimate of drug-likeness (QED) is 0.474. The molecule has 92 valence electrons. The molecule has 0 radical (unpaired) electrons. The molecular weight excluding hydrogens is 223 g/mol. The Kier molecular flexibility index (Phi) is 4.45. The second-order valence-electron chi connectivity index (χ2n) is 3.48. The molecule has 0 heterocycles. The second kappa shape index (κ2) is 5.83. The van der Waals surface area contributed by atoms with Crippen LogP contribution < -0.4 is 16.4 Å². The molecule has 5 N–H and O–H groups in total. The van der Waals surface area contributed by atoms with Crippen molar-refractivity contribution in [2.75, 3.05) is 11.9 Å². The normalized spacial score (nSPS) is 9.76. The molecule has 17 heavy (non-hydrogen) atoms. The molecule has 0 aliphatic carbocycles. The van der Waals surface area contributed by atoms with Crippen LogP contribution in [0.3, 0.4) is 0 Å². The van der Waals surface area contributed by atoms with E-state index in [-0.39, 0.29) is 11.4 Å². The zero-order valence-electron chi connectivity index (χ0n) is 9.51. The standard InChI is InChI=1S/C11H15FN4O/c1-2-5-15-11(17)16-9-4-3-7(12)6-8(9)10(13)14/h3-4,6H,2,5H2,1H3,(H3,13,14)(H2,15,16,17). The summed E-state index contributed by atoms with van der Waals surface area (Å²) in [6.07, 6.45) is 0.816. The van der Waals surface area contributed by atoms with E-state index < -0.39 is 11.8 Å². The van der Waals surface area contributed by atoms with E-state index in [2.05, 4.69) is 10.6 Å². The Morgan fingerprint density at radius 2 is 2.24 bits per heavy atom. The minimum absolute atomic E-state index is 0.164. The van der Waals surface area contributed by atoms with Gasteiger partial charge in [-0.05, 0) is 24.6 Å². The minimum Gasteiger partial charge on any atom is -0.384 e. The largest absolute Gasteiger partial charge is 0.384 e. The van der Waals surface area contributed by atoms with Gasteiger partial charge >= 0.3 is 6.03 Å². The van der Waals surface area contributed by atoms with Crippen molar-refractivity contribution in [2.45, 2.75) is 13.3 Å². The number of rotatable bonds is 4. The molecule has 1 aromatic carbocycles. The van der Waals surface area contributed by atoms with Gasteiger partial charge in [0.1, 0.15) is 11.7 Å². The summed E-state index contributed by atoms with van der Waals surface area (Å²) in [4.78, 5) is 11.4. The van der Waals surface area contributed by atoms with Gasteiger partial charge in [0.05, 0.1) is 5.69 Å². The van der Waals surface area contributed by atoms with Crippen LogP contribution in [0.15, 0.2) is 18.2 Å². The lowest BCUT2D eigenvalue weighted by atomic mass is 10.1. The van der Waals surface area contributed by atoms with Crippen LogP contribution in [-0.2, 0) is 0 Å². The molecule has 6 heteroatoms. The summed E-state index contributed by atoms with van der Waals surface area (Å²) >= 11 is 0. The Labute approximate surface area is 98.7 Å². The highest BCUT2D eigenvalue weighted by molar-refractivity contribution is 6.03. The Bertz CT molecular complexity index is 433. The molecule has 0 aliphatic rings. The average Bonchev–Trinajstić information content (AvgIpc) is 2.28. The van der Waals surface area contributed by atoms with Gasteiger partial charge in [0.25, 0.3) is 0 Å². The fourth-order valence-electron chi connectivity index (χ4n) is 1.25. The Balaban J connectivity index is 2.83. The van der Waals surface area contributed by atoms with E-state index in [1.807, 2.05) is 6.92 Å². The number of carbonyl (C=O) groups excluding carboxylic acids is 1. The van der Waals surface area contributed by atoms with E-state index >= 15 is 0 Å². The van der Waals surface area contributed by atoms with Crippen LogP contribution >= 0.6 is 0 Å². The van der Waals surface area contributed by atoms with Gasteiger partial charge in [-0.3, -0.25) is 5.41 Å². The molecule has 5 nitrogen and oxygen atoms in total. The lowest BCUT2D eigenvalue weighted by molar-refractivity contribution is 0.252. The van der Waals surface area contributed by atoms with E-state index in [9.17, 15) is 9.18 Å². The number of amidine groups is 1. The molecule has 0 saturated heterocycles. The molecule has 1 rings (SSSR count). The van der Waals surface area contributed by atoms with Crippen LogP contribution in [0.4, 0.5) is 14.9 Å². The molecule has 2 amide bonds. The zero-order valence-corrected chi connectivity index (χ0v) is 9.51. The van der Waals surface area contributed by atoms with Gasteiger partial charge in [-0.15, -0.1) is 0 Å². The fraction of sp³-hybridized carbons (Fsp3) is 0.273. The van der Waals surface area contributed by atoms with Gasteiger partial charge < -0.3 is 16.4 Å². The third-order valence-corrected chi connectivity index (χ3v) is 2.06. The maximum absolute atomic E-state index is 13.0. The summed E-state index contributed by atoms with van der Waals surface area (Å²) < 4.78 is 13.0. The Morgan fingerprint density at radius 1 is 1.53 bits per heavy atom. The number of benzene rings is 1. The van der Waals surface area contributed by atoms with Crippen molar-refractivity contribution in [3.05, 3.63) is 29.6 Å². The van der Waals surface area contributed by atoms with Crippen molar-refractivity contribution in [1.82, 2.24) is 5.32 Å². The zero-order chi connectivity index (χ0) is 12.8. The van der Waals surface area contributed by atoms with E-state index in [0.717, 1.165) is 12.5 Å². The number of urea groups is 1. The van der Waals surface area contributed by atoms with Crippen LogP contribution in [0.1, 0.15) is 18.9 Å². The number of hydrogen-bond donors (Lipinski definition) is 4. The number of halogens is 1. The van der Waals surface area contributed by atoms with Crippen LogP contribution in [0.25, 0.3) is 0 Å². The number of carbonyl (C=O) groups is 1. The van der Waals surface area contributed by atoms with Crippen molar-refractivity contribution in [1.29, 1.82) is 5.41 Å².